The van der Waals surface area contributed by atoms with Crippen LogP contribution >= 0.6 is 11.6 Å². The molecule has 1 saturated heterocycles. The second kappa shape index (κ2) is 12.6. The molecule has 11 heteroatoms. The van der Waals surface area contributed by atoms with Crippen LogP contribution in [0.2, 0.25) is 23.2 Å². The highest BCUT2D eigenvalue weighted by Crippen LogP contribution is 2.37. The van der Waals surface area contributed by atoms with Crippen LogP contribution in [-0.2, 0) is 20.3 Å². The number of benzene rings is 1. The number of hydrogen-bond donors (Lipinski definition) is 2. The van der Waals surface area contributed by atoms with E-state index in [9.17, 15) is 5.26 Å². The average molecular weight is 598 g/mol. The minimum atomic E-state index is -2.01. The number of aromatic nitrogens is 2. The van der Waals surface area contributed by atoms with E-state index in [2.05, 4.69) is 93.4 Å². The second-order valence-corrected chi connectivity index (χ2v) is 19.0. The topological polar surface area (TPSA) is 101 Å². The van der Waals surface area contributed by atoms with Crippen molar-refractivity contribution >= 4 is 50.0 Å². The first kappa shape index (κ1) is 31.8. The summed E-state index contributed by atoms with van der Waals surface area (Å²) < 4.78 is 19.1. The monoisotopic (exact) mass is 597 g/mol. The van der Waals surface area contributed by atoms with Gasteiger partial charge in [0.15, 0.2) is 14.1 Å². The van der Waals surface area contributed by atoms with E-state index in [1.54, 1.807) is 6.20 Å². The molecule has 1 aliphatic carbocycles. The SMILES string of the molecule is Cc1cc(Nc2ncc(Cl)c(NC3CCCCC3C#N)n2)cc(CO[Si](C)(C)C(C)(C)C)c1B1OCC(C)(C)CO1. The molecule has 1 aromatic heterocycles. The van der Waals surface area contributed by atoms with Gasteiger partial charge in [-0.2, -0.15) is 10.2 Å². The Morgan fingerprint density at radius 1 is 1.20 bits per heavy atom. The standard InChI is InChI=1S/C30H45BClN5O3Si/c1-20-13-23(35-28-34-16-24(32)27(37-28)36-25-12-10-9-11-21(25)15-33)14-22(17-40-41(7,8)29(2,3)4)26(20)31-38-18-30(5,6)19-39-31/h13-14,16,21,25H,9-12,17-19H2,1-8H3,(H2,34,35,36,37). The highest BCUT2D eigenvalue weighted by molar-refractivity contribution is 6.74. The van der Waals surface area contributed by atoms with Crippen molar-refractivity contribution in [3.8, 4) is 6.07 Å². The lowest BCUT2D eigenvalue weighted by Gasteiger charge is -2.37. The highest BCUT2D eigenvalue weighted by Gasteiger charge is 2.39. The number of hydrogen-bond acceptors (Lipinski definition) is 8. The van der Waals surface area contributed by atoms with E-state index in [0.29, 0.717) is 36.6 Å². The summed E-state index contributed by atoms with van der Waals surface area (Å²) in [5, 5.41) is 16.9. The van der Waals surface area contributed by atoms with Crippen LogP contribution < -0.4 is 16.1 Å². The van der Waals surface area contributed by atoms with Gasteiger partial charge in [0, 0.05) is 30.4 Å². The lowest BCUT2D eigenvalue weighted by molar-refractivity contribution is 0.0341. The predicted octanol–water partition coefficient (Wildman–Crippen LogP) is 6.97. The third-order valence-corrected chi connectivity index (χ3v) is 13.4. The summed E-state index contributed by atoms with van der Waals surface area (Å²) in [5.41, 5.74) is 3.90. The smallest absolute Gasteiger partial charge is 0.413 e. The molecule has 4 rings (SSSR count). The van der Waals surface area contributed by atoms with Crippen LogP contribution in [0.3, 0.4) is 0 Å². The molecule has 0 amide bonds. The largest absolute Gasteiger partial charge is 0.494 e. The van der Waals surface area contributed by atoms with Crippen LogP contribution in [0.25, 0.3) is 0 Å². The summed E-state index contributed by atoms with van der Waals surface area (Å²) in [6.07, 6.45) is 5.56. The Hall–Kier alpha value is -2.16. The van der Waals surface area contributed by atoms with Gasteiger partial charge < -0.3 is 24.4 Å². The number of nitrogens with zero attached hydrogens (tertiary/aromatic N) is 3. The fourth-order valence-corrected chi connectivity index (χ4v) is 6.12. The Balaban J connectivity index is 1.61. The molecule has 2 aromatic rings. The number of nitriles is 1. The molecule has 2 atom stereocenters. The van der Waals surface area contributed by atoms with Gasteiger partial charge in [-0.3, -0.25) is 0 Å². The third-order valence-electron chi connectivity index (χ3n) is 8.61. The summed E-state index contributed by atoms with van der Waals surface area (Å²) in [4.78, 5) is 9.13. The molecule has 2 fully saturated rings. The molecule has 1 aromatic carbocycles. The Labute approximate surface area is 252 Å². The molecule has 8 nitrogen and oxygen atoms in total. The summed E-state index contributed by atoms with van der Waals surface area (Å²) in [7, 11) is -2.45. The third kappa shape index (κ3) is 7.82. The summed E-state index contributed by atoms with van der Waals surface area (Å²) >= 11 is 6.47. The van der Waals surface area contributed by atoms with Gasteiger partial charge in [0.05, 0.1) is 24.8 Å². The predicted molar refractivity (Wildman–Crippen MR) is 170 cm³/mol. The normalized spacial score (nSPS) is 21.3. The first-order valence-corrected chi connectivity index (χ1v) is 17.9. The number of halogens is 1. The molecule has 2 aliphatic rings. The zero-order valence-electron chi connectivity index (χ0n) is 25.9. The van der Waals surface area contributed by atoms with Gasteiger partial charge in [0.2, 0.25) is 5.95 Å². The molecule has 0 bridgehead atoms. The lowest BCUT2D eigenvalue weighted by atomic mass is 9.71. The van der Waals surface area contributed by atoms with Crippen molar-refractivity contribution in [1.82, 2.24) is 9.97 Å². The average Bonchev–Trinajstić information content (AvgIpc) is 2.89. The van der Waals surface area contributed by atoms with E-state index in [1.165, 1.54) is 0 Å². The molecular formula is C30H45BClN5O3Si. The van der Waals surface area contributed by atoms with Crippen molar-refractivity contribution in [2.45, 2.75) is 98.0 Å². The van der Waals surface area contributed by atoms with Crippen LogP contribution in [0, 0.1) is 29.6 Å². The van der Waals surface area contributed by atoms with E-state index in [0.717, 1.165) is 48.0 Å². The van der Waals surface area contributed by atoms with Gasteiger partial charge in [-0.25, -0.2) is 4.98 Å². The van der Waals surface area contributed by atoms with Crippen LogP contribution in [0.1, 0.15) is 71.4 Å². The maximum absolute atomic E-state index is 9.60. The molecular weight excluding hydrogens is 553 g/mol. The number of anilines is 3. The van der Waals surface area contributed by atoms with E-state index in [1.807, 2.05) is 0 Å². The molecule has 2 heterocycles. The van der Waals surface area contributed by atoms with Gasteiger partial charge >= 0.3 is 7.12 Å². The van der Waals surface area contributed by atoms with Crippen LogP contribution in [0.4, 0.5) is 17.5 Å². The van der Waals surface area contributed by atoms with Crippen molar-refractivity contribution in [3.05, 3.63) is 34.5 Å². The fourth-order valence-electron chi connectivity index (χ4n) is 5.03. The number of rotatable bonds is 8. The van der Waals surface area contributed by atoms with Gasteiger partial charge in [0.25, 0.3) is 0 Å². The first-order valence-electron chi connectivity index (χ1n) is 14.7. The van der Waals surface area contributed by atoms with E-state index in [-0.39, 0.29) is 22.4 Å². The van der Waals surface area contributed by atoms with Crippen molar-refractivity contribution in [3.63, 3.8) is 0 Å². The number of aryl methyl sites for hydroxylation is 1. The zero-order valence-corrected chi connectivity index (χ0v) is 27.6. The van der Waals surface area contributed by atoms with E-state index >= 15 is 0 Å². The zero-order chi connectivity index (χ0) is 30.0. The van der Waals surface area contributed by atoms with Crippen molar-refractivity contribution in [2.24, 2.45) is 11.3 Å². The molecule has 2 N–H and O–H groups in total. The van der Waals surface area contributed by atoms with Crippen LogP contribution in [0.5, 0.6) is 0 Å². The Morgan fingerprint density at radius 3 is 2.54 bits per heavy atom. The van der Waals surface area contributed by atoms with E-state index in [4.69, 9.17) is 25.3 Å². The van der Waals surface area contributed by atoms with Gasteiger partial charge in [0.1, 0.15) is 5.02 Å². The number of nitrogens with one attached hydrogen (secondary N) is 2. The summed E-state index contributed by atoms with van der Waals surface area (Å²) in [6, 6.07) is 6.61. The molecule has 2 unspecified atom stereocenters. The summed E-state index contributed by atoms with van der Waals surface area (Å²) in [5.74, 6) is 0.911. The van der Waals surface area contributed by atoms with Crippen LogP contribution in [-0.4, -0.2) is 44.7 Å². The van der Waals surface area contributed by atoms with Gasteiger partial charge in [-0.15, -0.1) is 0 Å². The maximum atomic E-state index is 9.60. The van der Waals surface area contributed by atoms with Crippen molar-refractivity contribution in [1.29, 1.82) is 5.26 Å². The highest BCUT2D eigenvalue weighted by atomic mass is 35.5. The maximum Gasteiger partial charge on any atom is 0.494 e. The Bertz CT molecular complexity index is 1270. The van der Waals surface area contributed by atoms with Crippen molar-refractivity contribution < 1.29 is 13.7 Å². The van der Waals surface area contributed by atoms with Gasteiger partial charge in [-0.1, -0.05) is 59.1 Å². The molecule has 0 radical (unpaired) electrons. The fraction of sp³-hybridized carbons (Fsp3) is 0.633. The summed E-state index contributed by atoms with van der Waals surface area (Å²) in [6.45, 7) is 19.3. The molecule has 222 valence electrons. The second-order valence-electron chi connectivity index (χ2n) is 13.8. The lowest BCUT2D eigenvalue weighted by Crippen LogP contribution is -2.50. The Morgan fingerprint density at radius 2 is 1.88 bits per heavy atom. The van der Waals surface area contributed by atoms with Crippen molar-refractivity contribution in [2.75, 3.05) is 23.8 Å². The molecule has 0 spiro atoms. The van der Waals surface area contributed by atoms with E-state index < -0.39 is 15.4 Å². The quantitative estimate of drug-likeness (QED) is 0.315. The molecule has 41 heavy (non-hydrogen) atoms. The van der Waals surface area contributed by atoms with Gasteiger partial charge in [-0.05, 0) is 66.6 Å². The first-order chi connectivity index (χ1) is 19.2. The Kier molecular flexibility index (Phi) is 9.77. The minimum Gasteiger partial charge on any atom is -0.413 e. The molecule has 1 aliphatic heterocycles. The van der Waals surface area contributed by atoms with Crippen LogP contribution in [0.15, 0.2) is 18.3 Å². The molecule has 1 saturated carbocycles. The minimum absolute atomic E-state index is 0.0216.